The van der Waals surface area contributed by atoms with Gasteiger partial charge in [-0.3, -0.25) is 4.79 Å². The molecule has 2 aliphatic rings. The number of nitrogens with one attached hydrogen (secondary N) is 2. The second-order valence-corrected chi connectivity index (χ2v) is 9.68. The number of thiocarbonyl (C=S) groups is 1. The summed E-state index contributed by atoms with van der Waals surface area (Å²) >= 11 is 5.81. The summed E-state index contributed by atoms with van der Waals surface area (Å²) in [5, 5.41) is 7.25. The summed E-state index contributed by atoms with van der Waals surface area (Å²) in [6, 6.07) is 24.0. The Hall–Kier alpha value is -3.38. The zero-order valence-corrected chi connectivity index (χ0v) is 20.5. The molecule has 34 heavy (non-hydrogen) atoms. The molecule has 2 N–H and O–H groups in total. The van der Waals surface area contributed by atoms with E-state index in [1.807, 2.05) is 80.3 Å². The van der Waals surface area contributed by atoms with Crippen LogP contribution in [0.3, 0.4) is 0 Å². The first kappa shape index (κ1) is 22.4. The summed E-state index contributed by atoms with van der Waals surface area (Å²) in [7, 11) is 0. The molecule has 3 atom stereocenters. The highest BCUT2D eigenvalue weighted by Gasteiger charge is 2.58. The molecule has 6 heteroatoms. The van der Waals surface area contributed by atoms with Crippen molar-refractivity contribution >= 4 is 28.9 Å². The van der Waals surface area contributed by atoms with E-state index < -0.39 is 11.6 Å². The van der Waals surface area contributed by atoms with E-state index in [0.29, 0.717) is 11.7 Å². The van der Waals surface area contributed by atoms with Crippen LogP contribution in [0.5, 0.6) is 5.75 Å². The van der Waals surface area contributed by atoms with Crippen molar-refractivity contribution in [1.29, 1.82) is 0 Å². The standard InChI is InChI=1S/C28H29N3O2S/c1-18-13-14-22(19(2)17-18)29-26(32)24-25-21-11-7-8-12-23(21)33-28(24,3)31(27(34)30-25)16-15-20-9-5-4-6-10-20/h4-14,17,24-25H,15-16H2,1-3H3,(H,29,32)(H,30,34)/t24-,25-,28-/m0/s1. The van der Waals surface area contributed by atoms with Crippen molar-refractivity contribution in [3.63, 3.8) is 0 Å². The van der Waals surface area contributed by atoms with Crippen LogP contribution in [0.25, 0.3) is 0 Å². The molecule has 174 valence electrons. The van der Waals surface area contributed by atoms with Crippen LogP contribution in [0.2, 0.25) is 0 Å². The molecule has 0 aromatic heterocycles. The molecule has 0 saturated carbocycles. The number of anilines is 1. The Morgan fingerprint density at radius 1 is 1.09 bits per heavy atom. The van der Waals surface area contributed by atoms with Crippen LogP contribution in [0.4, 0.5) is 5.69 Å². The van der Waals surface area contributed by atoms with E-state index in [1.54, 1.807) is 0 Å². The number of hydrogen-bond donors (Lipinski definition) is 2. The molecule has 2 heterocycles. The zero-order valence-electron chi connectivity index (χ0n) is 19.7. The fourth-order valence-electron chi connectivity index (χ4n) is 5.17. The third-order valence-corrected chi connectivity index (χ3v) is 7.27. The van der Waals surface area contributed by atoms with Crippen LogP contribution >= 0.6 is 12.2 Å². The van der Waals surface area contributed by atoms with Crippen molar-refractivity contribution in [2.24, 2.45) is 5.92 Å². The first-order chi connectivity index (χ1) is 16.4. The summed E-state index contributed by atoms with van der Waals surface area (Å²) in [6.45, 7) is 6.68. The fraction of sp³-hybridized carbons (Fsp3) is 0.286. The van der Waals surface area contributed by atoms with E-state index >= 15 is 0 Å². The number of ether oxygens (including phenoxy) is 1. The van der Waals surface area contributed by atoms with E-state index in [4.69, 9.17) is 17.0 Å². The lowest BCUT2D eigenvalue weighted by Crippen LogP contribution is -2.71. The molecule has 3 aromatic carbocycles. The van der Waals surface area contributed by atoms with Gasteiger partial charge >= 0.3 is 0 Å². The number of fused-ring (bicyclic) bond motifs is 4. The van der Waals surface area contributed by atoms with Crippen LogP contribution < -0.4 is 15.4 Å². The number of carbonyl (C=O) groups excluding carboxylic acids is 1. The van der Waals surface area contributed by atoms with Crippen molar-refractivity contribution in [1.82, 2.24) is 10.2 Å². The summed E-state index contributed by atoms with van der Waals surface area (Å²) in [5.74, 6) is 0.185. The Balaban J connectivity index is 1.51. The Morgan fingerprint density at radius 2 is 1.82 bits per heavy atom. The van der Waals surface area contributed by atoms with Crippen LogP contribution in [-0.2, 0) is 11.2 Å². The van der Waals surface area contributed by atoms with Gasteiger partial charge in [0.05, 0.1) is 6.04 Å². The lowest BCUT2D eigenvalue weighted by molar-refractivity contribution is -0.149. The van der Waals surface area contributed by atoms with Gasteiger partial charge in [-0.2, -0.15) is 0 Å². The van der Waals surface area contributed by atoms with Gasteiger partial charge < -0.3 is 20.3 Å². The Bertz CT molecular complexity index is 1250. The van der Waals surface area contributed by atoms with Gasteiger partial charge in [-0.15, -0.1) is 0 Å². The van der Waals surface area contributed by atoms with Crippen LogP contribution in [0, 0.1) is 19.8 Å². The van der Waals surface area contributed by atoms with Gasteiger partial charge in [-0.05, 0) is 62.7 Å². The number of hydrogen-bond acceptors (Lipinski definition) is 3. The number of para-hydroxylation sites is 1. The summed E-state index contributed by atoms with van der Waals surface area (Å²) in [4.78, 5) is 15.9. The molecule has 5 nitrogen and oxygen atoms in total. The lowest BCUT2D eigenvalue weighted by atomic mass is 9.78. The van der Waals surface area contributed by atoms with Gasteiger partial charge in [0.15, 0.2) is 10.8 Å². The molecule has 0 spiro atoms. The summed E-state index contributed by atoms with van der Waals surface area (Å²) < 4.78 is 6.62. The maximum Gasteiger partial charge on any atom is 0.236 e. The molecular weight excluding hydrogens is 442 g/mol. The van der Waals surface area contributed by atoms with Crippen molar-refractivity contribution in [2.75, 3.05) is 11.9 Å². The lowest BCUT2D eigenvalue weighted by Gasteiger charge is -2.56. The van der Waals surface area contributed by atoms with Gasteiger partial charge in [0, 0.05) is 17.8 Å². The second kappa shape index (κ2) is 8.76. The van der Waals surface area contributed by atoms with Crippen molar-refractivity contribution in [3.05, 3.63) is 95.1 Å². The van der Waals surface area contributed by atoms with Gasteiger partial charge in [0.25, 0.3) is 0 Å². The molecule has 3 aromatic rings. The molecule has 2 bridgehead atoms. The molecule has 1 saturated heterocycles. The molecule has 0 radical (unpaired) electrons. The van der Waals surface area contributed by atoms with Crippen LogP contribution in [-0.4, -0.2) is 28.2 Å². The van der Waals surface area contributed by atoms with Crippen molar-refractivity contribution in [3.8, 4) is 5.75 Å². The average molecular weight is 472 g/mol. The predicted octanol–water partition coefficient (Wildman–Crippen LogP) is 5.14. The monoisotopic (exact) mass is 471 g/mol. The normalized spacial score (nSPS) is 22.9. The van der Waals surface area contributed by atoms with Crippen LogP contribution in [0.15, 0.2) is 72.8 Å². The van der Waals surface area contributed by atoms with Gasteiger partial charge in [-0.1, -0.05) is 66.2 Å². The zero-order chi connectivity index (χ0) is 23.9. The Morgan fingerprint density at radius 3 is 2.59 bits per heavy atom. The topological polar surface area (TPSA) is 53.6 Å². The number of rotatable bonds is 5. The summed E-state index contributed by atoms with van der Waals surface area (Å²) in [6.07, 6.45) is 0.791. The van der Waals surface area contributed by atoms with E-state index in [2.05, 4.69) is 28.8 Å². The van der Waals surface area contributed by atoms with E-state index in [9.17, 15) is 4.79 Å². The summed E-state index contributed by atoms with van der Waals surface area (Å²) in [5.41, 5.74) is 4.24. The quantitative estimate of drug-likeness (QED) is 0.505. The van der Waals surface area contributed by atoms with Gasteiger partial charge in [0.2, 0.25) is 5.91 Å². The minimum Gasteiger partial charge on any atom is -0.467 e. The molecule has 1 amide bonds. The van der Waals surface area contributed by atoms with Crippen LogP contribution in [0.1, 0.15) is 35.2 Å². The molecule has 1 fully saturated rings. The highest BCUT2D eigenvalue weighted by Crippen LogP contribution is 2.48. The highest BCUT2D eigenvalue weighted by molar-refractivity contribution is 7.80. The molecule has 0 aliphatic carbocycles. The number of aryl methyl sites for hydroxylation is 2. The van der Waals surface area contributed by atoms with E-state index in [1.165, 1.54) is 5.56 Å². The average Bonchev–Trinajstić information content (AvgIpc) is 2.81. The largest absolute Gasteiger partial charge is 0.467 e. The van der Waals surface area contributed by atoms with E-state index in [0.717, 1.165) is 34.5 Å². The molecule has 2 aliphatic heterocycles. The SMILES string of the molecule is Cc1ccc(NC(=O)[C@@H]2[C@H]3NC(=S)N(CCc4ccccc4)[C@@]2(C)Oc2ccccc23)c(C)c1. The number of carbonyl (C=O) groups is 1. The minimum atomic E-state index is -0.932. The molecular formula is C28H29N3O2S. The molecule has 5 rings (SSSR count). The van der Waals surface area contributed by atoms with E-state index in [-0.39, 0.29) is 11.9 Å². The third-order valence-electron chi connectivity index (χ3n) is 6.93. The smallest absolute Gasteiger partial charge is 0.236 e. The number of nitrogens with zero attached hydrogens (tertiary/aromatic N) is 1. The first-order valence-corrected chi connectivity index (χ1v) is 12.1. The maximum absolute atomic E-state index is 13.9. The molecule has 0 unspecified atom stereocenters. The predicted molar refractivity (Wildman–Crippen MR) is 139 cm³/mol. The fourth-order valence-corrected chi connectivity index (χ4v) is 5.57. The van der Waals surface area contributed by atoms with Crippen molar-refractivity contribution < 1.29 is 9.53 Å². The number of amides is 1. The Labute approximate surface area is 206 Å². The third kappa shape index (κ3) is 3.92. The second-order valence-electron chi connectivity index (χ2n) is 9.29. The Kier molecular flexibility index (Phi) is 5.78. The highest BCUT2D eigenvalue weighted by atomic mass is 32.1. The maximum atomic E-state index is 13.9. The van der Waals surface area contributed by atoms with Gasteiger partial charge in [0.1, 0.15) is 11.7 Å². The minimum absolute atomic E-state index is 0.0892. The van der Waals surface area contributed by atoms with Crippen molar-refractivity contribution in [2.45, 2.75) is 39.0 Å². The first-order valence-electron chi connectivity index (χ1n) is 11.6. The number of benzene rings is 3. The van der Waals surface area contributed by atoms with Gasteiger partial charge in [-0.25, -0.2) is 0 Å².